The Morgan fingerprint density at radius 3 is 2.44 bits per heavy atom. The topological polar surface area (TPSA) is 89.1 Å². The monoisotopic (exact) mass is 356 g/mol. The fraction of sp³-hybridized carbons (Fsp3) is 0.111. The Hall–Kier alpha value is -2.99. The first-order valence-electron chi connectivity index (χ1n) is 7.45. The van der Waals surface area contributed by atoms with E-state index in [9.17, 15) is 14.4 Å². The molecule has 0 bridgehead atoms. The van der Waals surface area contributed by atoms with E-state index in [0.717, 1.165) is 0 Å². The highest BCUT2D eigenvalue weighted by molar-refractivity contribution is 6.30. The summed E-state index contributed by atoms with van der Waals surface area (Å²) in [5, 5.41) is 7.79. The van der Waals surface area contributed by atoms with Gasteiger partial charge in [0.1, 0.15) is 0 Å². The highest BCUT2D eigenvalue weighted by Crippen LogP contribution is 2.13. The molecule has 0 aliphatic rings. The number of benzene rings is 2. The largest absolute Gasteiger partial charge is 0.457 e. The summed E-state index contributed by atoms with van der Waals surface area (Å²) >= 11 is 5.76. The van der Waals surface area contributed by atoms with Crippen LogP contribution >= 0.6 is 11.6 Å². The Labute approximate surface area is 147 Å². The molecular weight excluding hydrogens is 344 g/mol. The van der Waals surface area contributed by atoms with Crippen molar-refractivity contribution < 1.29 is 14.3 Å². The Balaban J connectivity index is 1.67. The third-order valence-corrected chi connectivity index (χ3v) is 3.87. The maximum absolute atomic E-state index is 12.0. The van der Waals surface area contributed by atoms with Gasteiger partial charge in [-0.15, -0.1) is 0 Å². The number of carbonyl (C=O) groups excluding carboxylic acids is 2. The highest BCUT2D eigenvalue weighted by atomic mass is 35.5. The molecule has 0 fully saturated rings. The average Bonchev–Trinajstić information content (AvgIpc) is 2.63. The quantitative estimate of drug-likeness (QED) is 0.560. The fourth-order valence-electron chi connectivity index (χ4n) is 2.36. The number of nitrogens with zero attached hydrogens (tertiary/aromatic N) is 1. The number of hydrogen-bond donors (Lipinski definition) is 1. The summed E-state index contributed by atoms with van der Waals surface area (Å²) in [6.07, 6.45) is -0.148. The Bertz CT molecular complexity index is 996. The molecule has 0 saturated carbocycles. The van der Waals surface area contributed by atoms with Crippen molar-refractivity contribution in [3.63, 3.8) is 0 Å². The van der Waals surface area contributed by atoms with Crippen molar-refractivity contribution in [1.29, 1.82) is 0 Å². The molecule has 3 aromatic rings. The van der Waals surface area contributed by atoms with Gasteiger partial charge in [0.2, 0.25) is 0 Å². The second-order valence-electron chi connectivity index (χ2n) is 5.31. The number of aromatic amines is 1. The van der Waals surface area contributed by atoms with Crippen LogP contribution in [0.1, 0.15) is 16.1 Å². The number of carbonyl (C=O) groups is 2. The second-order valence-corrected chi connectivity index (χ2v) is 5.75. The van der Waals surface area contributed by atoms with Crippen LogP contribution in [0.15, 0.2) is 53.3 Å². The number of nitrogens with one attached hydrogen (secondary N) is 1. The molecule has 0 atom stereocenters. The number of ether oxygens (including phenoxy) is 1. The summed E-state index contributed by atoms with van der Waals surface area (Å²) in [6, 6.07) is 13.1. The van der Waals surface area contributed by atoms with Gasteiger partial charge in [0, 0.05) is 16.0 Å². The summed E-state index contributed by atoms with van der Waals surface area (Å²) in [7, 11) is 0. The number of H-pyrrole nitrogens is 1. The highest BCUT2D eigenvalue weighted by Gasteiger charge is 2.14. The maximum atomic E-state index is 12.0. The van der Waals surface area contributed by atoms with E-state index < -0.39 is 5.97 Å². The van der Waals surface area contributed by atoms with E-state index in [4.69, 9.17) is 16.3 Å². The molecule has 0 aliphatic carbocycles. The van der Waals surface area contributed by atoms with Gasteiger partial charge in [0.15, 0.2) is 12.4 Å². The summed E-state index contributed by atoms with van der Waals surface area (Å²) in [6.45, 7) is -0.373. The minimum Gasteiger partial charge on any atom is -0.457 e. The van der Waals surface area contributed by atoms with Gasteiger partial charge in [0.25, 0.3) is 5.56 Å². The van der Waals surface area contributed by atoms with Crippen LogP contribution in [0.5, 0.6) is 0 Å². The van der Waals surface area contributed by atoms with Gasteiger partial charge in [-0.1, -0.05) is 29.8 Å². The van der Waals surface area contributed by atoms with E-state index >= 15 is 0 Å². The van der Waals surface area contributed by atoms with E-state index in [1.807, 2.05) is 0 Å². The molecular formula is C18H13ClN2O4. The predicted octanol–water partition coefficient (Wildman–Crippen LogP) is 2.55. The van der Waals surface area contributed by atoms with Crippen molar-refractivity contribution in [2.24, 2.45) is 0 Å². The van der Waals surface area contributed by atoms with Crippen molar-refractivity contribution in [2.75, 3.05) is 6.61 Å². The Kier molecular flexibility index (Phi) is 4.90. The molecule has 3 rings (SSSR count). The van der Waals surface area contributed by atoms with E-state index in [0.29, 0.717) is 27.1 Å². The zero-order valence-electron chi connectivity index (χ0n) is 13.0. The number of rotatable bonds is 5. The molecule has 25 heavy (non-hydrogen) atoms. The van der Waals surface area contributed by atoms with E-state index in [2.05, 4.69) is 10.2 Å². The van der Waals surface area contributed by atoms with Gasteiger partial charge in [-0.3, -0.25) is 14.4 Å². The number of Topliss-reactive ketones (excluding diaryl/α,β-unsaturated/α-hetero) is 1. The van der Waals surface area contributed by atoms with Crippen molar-refractivity contribution in [1.82, 2.24) is 10.2 Å². The van der Waals surface area contributed by atoms with E-state index in [1.54, 1.807) is 48.5 Å². The van der Waals surface area contributed by atoms with Crippen molar-refractivity contribution in [3.8, 4) is 0 Å². The molecule has 0 spiro atoms. The first kappa shape index (κ1) is 16.9. The van der Waals surface area contributed by atoms with Crippen LogP contribution in [0.3, 0.4) is 0 Å². The van der Waals surface area contributed by atoms with E-state index in [1.165, 1.54) is 0 Å². The molecule has 1 N–H and O–H groups in total. The van der Waals surface area contributed by atoms with Gasteiger partial charge >= 0.3 is 5.97 Å². The number of ketones is 1. The molecule has 2 aromatic carbocycles. The van der Waals surface area contributed by atoms with Crippen LogP contribution < -0.4 is 5.56 Å². The Morgan fingerprint density at radius 2 is 1.72 bits per heavy atom. The third-order valence-electron chi connectivity index (χ3n) is 3.62. The minimum atomic E-state index is -0.605. The lowest BCUT2D eigenvalue weighted by Crippen LogP contribution is -2.18. The van der Waals surface area contributed by atoms with Gasteiger partial charge < -0.3 is 4.74 Å². The lowest BCUT2D eigenvalue weighted by molar-refractivity contribution is -0.141. The normalized spacial score (nSPS) is 10.6. The first-order chi connectivity index (χ1) is 12.0. The number of aromatic nitrogens is 2. The standard InChI is InChI=1S/C18H13ClN2O4/c19-12-7-5-11(6-8-12)16(22)10-25-17(23)9-15-13-3-1-2-4-14(13)18(24)21-20-15/h1-8H,9-10H2,(H,21,24). The van der Waals surface area contributed by atoms with Crippen molar-refractivity contribution in [2.45, 2.75) is 6.42 Å². The van der Waals surface area contributed by atoms with Crippen molar-refractivity contribution >= 4 is 34.1 Å². The summed E-state index contributed by atoms with van der Waals surface area (Å²) in [5.41, 5.74) is 0.467. The van der Waals surface area contributed by atoms with Crippen LogP contribution in [-0.4, -0.2) is 28.6 Å². The molecule has 126 valence electrons. The van der Waals surface area contributed by atoms with Crippen LogP contribution in [0.4, 0.5) is 0 Å². The van der Waals surface area contributed by atoms with Crippen molar-refractivity contribution in [3.05, 3.63) is 75.2 Å². The van der Waals surface area contributed by atoms with Gasteiger partial charge in [0.05, 0.1) is 17.5 Å². The fourth-order valence-corrected chi connectivity index (χ4v) is 2.49. The number of fused-ring (bicyclic) bond motifs is 1. The maximum Gasteiger partial charge on any atom is 0.312 e. The van der Waals surface area contributed by atoms with Crippen LogP contribution in [0, 0.1) is 0 Å². The second kappa shape index (κ2) is 7.27. The van der Waals surface area contributed by atoms with Crippen LogP contribution in [0.2, 0.25) is 5.02 Å². The van der Waals surface area contributed by atoms with Crippen LogP contribution in [-0.2, 0) is 16.0 Å². The lowest BCUT2D eigenvalue weighted by Gasteiger charge is -2.06. The molecule has 7 heteroatoms. The minimum absolute atomic E-state index is 0.148. The third kappa shape index (κ3) is 3.92. The first-order valence-corrected chi connectivity index (χ1v) is 7.83. The van der Waals surface area contributed by atoms with E-state index in [-0.39, 0.29) is 24.4 Å². The van der Waals surface area contributed by atoms with Gasteiger partial charge in [-0.25, -0.2) is 5.10 Å². The summed E-state index contributed by atoms with van der Waals surface area (Å²) in [4.78, 5) is 35.7. The molecule has 0 radical (unpaired) electrons. The number of esters is 1. The summed E-state index contributed by atoms with van der Waals surface area (Å²) in [5.74, 6) is -0.934. The molecule has 0 saturated heterocycles. The molecule has 1 aromatic heterocycles. The zero-order valence-corrected chi connectivity index (χ0v) is 13.7. The van der Waals surface area contributed by atoms with Gasteiger partial charge in [-0.2, -0.15) is 5.10 Å². The molecule has 1 heterocycles. The lowest BCUT2D eigenvalue weighted by atomic mass is 10.1. The Morgan fingerprint density at radius 1 is 1.04 bits per heavy atom. The molecule has 0 aliphatic heterocycles. The predicted molar refractivity (Wildman–Crippen MR) is 92.8 cm³/mol. The number of halogens is 1. The average molecular weight is 357 g/mol. The SMILES string of the molecule is O=C(Cc1n[nH]c(=O)c2ccccc12)OCC(=O)c1ccc(Cl)cc1. The smallest absolute Gasteiger partial charge is 0.312 e. The molecule has 0 unspecified atom stereocenters. The zero-order chi connectivity index (χ0) is 17.8. The van der Waals surface area contributed by atoms with Gasteiger partial charge in [-0.05, 0) is 30.3 Å². The van der Waals surface area contributed by atoms with Crippen LogP contribution in [0.25, 0.3) is 10.8 Å². The summed E-state index contributed by atoms with van der Waals surface area (Å²) < 4.78 is 5.02. The molecule has 0 amide bonds. The molecule has 6 nitrogen and oxygen atoms in total. The number of hydrogen-bond acceptors (Lipinski definition) is 5.